The highest BCUT2D eigenvalue weighted by Gasteiger charge is 2.28. The van der Waals surface area contributed by atoms with E-state index in [1.165, 1.54) is 22.6 Å². The Balaban J connectivity index is 1.67. The van der Waals surface area contributed by atoms with Crippen molar-refractivity contribution in [3.05, 3.63) is 33.5 Å². The van der Waals surface area contributed by atoms with Crippen LogP contribution >= 0.6 is 22.7 Å². The number of nitrogens with zero attached hydrogens (tertiary/aromatic N) is 2. The number of amides is 1. The van der Waals surface area contributed by atoms with Gasteiger partial charge in [0.15, 0.2) is 5.13 Å². The first-order valence-corrected chi connectivity index (χ1v) is 9.50. The van der Waals surface area contributed by atoms with E-state index in [2.05, 4.69) is 27.8 Å². The lowest BCUT2D eigenvalue weighted by Crippen LogP contribution is -2.44. The molecule has 1 amide bonds. The minimum absolute atomic E-state index is 0.0913. The van der Waals surface area contributed by atoms with E-state index < -0.39 is 0 Å². The van der Waals surface area contributed by atoms with Gasteiger partial charge in [-0.25, -0.2) is 4.98 Å². The Bertz CT molecular complexity index is 609. The molecule has 3 heterocycles. The van der Waals surface area contributed by atoms with Gasteiger partial charge in [-0.1, -0.05) is 6.07 Å². The first kappa shape index (κ1) is 15.5. The van der Waals surface area contributed by atoms with E-state index in [-0.39, 0.29) is 5.91 Å². The van der Waals surface area contributed by atoms with Crippen molar-refractivity contribution < 1.29 is 4.79 Å². The van der Waals surface area contributed by atoms with Gasteiger partial charge in [0.2, 0.25) is 0 Å². The molecule has 1 aliphatic rings. The van der Waals surface area contributed by atoms with Crippen LogP contribution in [0.5, 0.6) is 0 Å². The summed E-state index contributed by atoms with van der Waals surface area (Å²) in [6, 6.07) is 4.63. The molecule has 1 fully saturated rings. The number of carbonyl (C=O) groups excluding carboxylic acids is 1. The second kappa shape index (κ2) is 7.24. The number of hydrogen-bond donors (Lipinski definition) is 1. The number of anilines is 1. The van der Waals surface area contributed by atoms with Crippen LogP contribution < -0.4 is 5.32 Å². The molecule has 22 heavy (non-hydrogen) atoms. The monoisotopic (exact) mass is 335 g/mol. The summed E-state index contributed by atoms with van der Waals surface area (Å²) < 4.78 is 0. The van der Waals surface area contributed by atoms with Crippen molar-refractivity contribution in [3.8, 4) is 0 Å². The number of aryl methyl sites for hydroxylation is 1. The molecule has 118 valence electrons. The van der Waals surface area contributed by atoms with Gasteiger partial charge in [-0.05, 0) is 43.6 Å². The van der Waals surface area contributed by atoms with Gasteiger partial charge in [-0.2, -0.15) is 0 Å². The van der Waals surface area contributed by atoms with Crippen molar-refractivity contribution in [3.63, 3.8) is 0 Å². The number of rotatable bonds is 5. The van der Waals surface area contributed by atoms with Crippen LogP contribution in [0.15, 0.2) is 22.9 Å². The van der Waals surface area contributed by atoms with Gasteiger partial charge in [-0.15, -0.1) is 22.7 Å². The molecule has 1 atom stereocenters. The molecule has 0 spiro atoms. The third-order valence-corrected chi connectivity index (χ3v) is 5.93. The lowest BCUT2D eigenvalue weighted by molar-refractivity contribution is 0.0597. The average molecular weight is 335 g/mol. The van der Waals surface area contributed by atoms with Gasteiger partial charge in [0.1, 0.15) is 5.69 Å². The highest BCUT2D eigenvalue weighted by atomic mass is 32.1. The number of hydrogen-bond acceptors (Lipinski definition) is 5. The molecule has 6 heteroatoms. The zero-order chi connectivity index (χ0) is 15.4. The van der Waals surface area contributed by atoms with Crippen molar-refractivity contribution in [1.29, 1.82) is 0 Å². The van der Waals surface area contributed by atoms with Crippen molar-refractivity contribution >= 4 is 33.7 Å². The number of thiophene rings is 1. The molecule has 1 N–H and O–H groups in total. The van der Waals surface area contributed by atoms with Crippen molar-refractivity contribution in [2.75, 3.05) is 18.9 Å². The maximum absolute atomic E-state index is 12.7. The molecule has 0 bridgehead atoms. The first-order chi connectivity index (χ1) is 10.8. The minimum atomic E-state index is 0.0913. The molecule has 4 nitrogen and oxygen atoms in total. The second-order valence-corrected chi connectivity index (χ2v) is 7.44. The van der Waals surface area contributed by atoms with E-state index in [0.29, 0.717) is 11.7 Å². The fraction of sp³-hybridized carbons (Fsp3) is 0.500. The fourth-order valence-corrected chi connectivity index (χ4v) is 4.34. The molecule has 1 saturated heterocycles. The van der Waals surface area contributed by atoms with Gasteiger partial charge >= 0.3 is 0 Å². The largest absolute Gasteiger partial charge is 0.365 e. The predicted octanol–water partition coefficient (Wildman–Crippen LogP) is 3.87. The lowest BCUT2D eigenvalue weighted by Gasteiger charge is -2.35. The SMILES string of the molecule is CNc1nc(C(=O)N2CCCC[C@@H]2CCc2cccs2)cs1. The highest BCUT2D eigenvalue weighted by Crippen LogP contribution is 2.25. The molecule has 0 radical (unpaired) electrons. The fourth-order valence-electron chi connectivity index (χ4n) is 2.97. The topological polar surface area (TPSA) is 45.2 Å². The Morgan fingerprint density at radius 2 is 2.36 bits per heavy atom. The van der Waals surface area contributed by atoms with Crippen LogP contribution in [0.25, 0.3) is 0 Å². The van der Waals surface area contributed by atoms with Crippen LogP contribution in [-0.2, 0) is 6.42 Å². The Morgan fingerprint density at radius 3 is 3.09 bits per heavy atom. The van der Waals surface area contributed by atoms with Gasteiger partial charge in [0, 0.05) is 29.9 Å². The summed E-state index contributed by atoms with van der Waals surface area (Å²) in [6.07, 6.45) is 5.54. The molecular weight excluding hydrogens is 314 g/mol. The Hall–Kier alpha value is -1.40. The summed E-state index contributed by atoms with van der Waals surface area (Å²) in [6.45, 7) is 0.861. The van der Waals surface area contributed by atoms with Crippen molar-refractivity contribution in [2.24, 2.45) is 0 Å². The van der Waals surface area contributed by atoms with Crippen molar-refractivity contribution in [2.45, 2.75) is 38.1 Å². The first-order valence-electron chi connectivity index (χ1n) is 7.74. The van der Waals surface area contributed by atoms with Crippen LogP contribution in [-0.4, -0.2) is 35.4 Å². The normalized spacial score (nSPS) is 18.4. The Morgan fingerprint density at radius 1 is 1.45 bits per heavy atom. The molecule has 0 unspecified atom stereocenters. The smallest absolute Gasteiger partial charge is 0.273 e. The molecule has 0 aliphatic carbocycles. The van der Waals surface area contributed by atoms with E-state index in [1.807, 2.05) is 17.3 Å². The quantitative estimate of drug-likeness (QED) is 0.902. The van der Waals surface area contributed by atoms with E-state index in [0.717, 1.165) is 37.4 Å². The van der Waals surface area contributed by atoms with Crippen LogP contribution in [0.2, 0.25) is 0 Å². The third-order valence-electron chi connectivity index (χ3n) is 4.13. The van der Waals surface area contributed by atoms with Crippen LogP contribution in [0.3, 0.4) is 0 Å². The van der Waals surface area contributed by atoms with E-state index >= 15 is 0 Å². The number of likely N-dealkylation sites (tertiary alicyclic amines) is 1. The molecule has 0 saturated carbocycles. The summed E-state index contributed by atoms with van der Waals surface area (Å²) in [5.41, 5.74) is 0.581. The molecule has 2 aromatic rings. The van der Waals surface area contributed by atoms with Gasteiger partial charge < -0.3 is 10.2 Å². The summed E-state index contributed by atoms with van der Waals surface area (Å²) in [5.74, 6) is 0.0913. The number of thiazole rings is 1. The predicted molar refractivity (Wildman–Crippen MR) is 93.0 cm³/mol. The zero-order valence-electron chi connectivity index (χ0n) is 12.7. The minimum Gasteiger partial charge on any atom is -0.365 e. The Kier molecular flexibility index (Phi) is 5.10. The molecule has 0 aromatic carbocycles. The summed E-state index contributed by atoms with van der Waals surface area (Å²) >= 11 is 3.29. The maximum Gasteiger partial charge on any atom is 0.273 e. The number of aromatic nitrogens is 1. The van der Waals surface area contributed by atoms with Gasteiger partial charge in [0.25, 0.3) is 5.91 Å². The summed E-state index contributed by atoms with van der Waals surface area (Å²) in [5, 5.41) is 7.78. The molecular formula is C16H21N3OS2. The van der Waals surface area contributed by atoms with Crippen LogP contribution in [0, 0.1) is 0 Å². The second-order valence-electron chi connectivity index (χ2n) is 5.55. The standard InChI is InChI=1S/C16H21N3OS2/c1-17-16-18-14(11-22-16)15(20)19-9-3-2-5-12(19)7-8-13-6-4-10-21-13/h4,6,10-12H,2-3,5,7-9H2,1H3,(H,17,18)/t12-/m1/s1. The van der Waals surface area contributed by atoms with E-state index in [9.17, 15) is 4.79 Å². The Labute approximate surface area is 139 Å². The number of piperidine rings is 1. The lowest BCUT2D eigenvalue weighted by atomic mass is 9.97. The van der Waals surface area contributed by atoms with Gasteiger partial charge in [0.05, 0.1) is 0 Å². The molecule has 1 aliphatic heterocycles. The maximum atomic E-state index is 12.7. The molecule has 3 rings (SSSR count). The third kappa shape index (κ3) is 3.50. The number of nitrogens with one attached hydrogen (secondary N) is 1. The summed E-state index contributed by atoms with van der Waals surface area (Å²) in [7, 11) is 1.83. The zero-order valence-corrected chi connectivity index (χ0v) is 14.4. The van der Waals surface area contributed by atoms with Crippen LogP contribution in [0.1, 0.15) is 41.0 Å². The average Bonchev–Trinajstić information content (AvgIpc) is 3.24. The highest BCUT2D eigenvalue weighted by molar-refractivity contribution is 7.13. The summed E-state index contributed by atoms with van der Waals surface area (Å²) in [4.78, 5) is 20.6. The number of carbonyl (C=O) groups is 1. The van der Waals surface area contributed by atoms with Crippen LogP contribution in [0.4, 0.5) is 5.13 Å². The van der Waals surface area contributed by atoms with E-state index in [4.69, 9.17) is 0 Å². The molecule has 2 aromatic heterocycles. The van der Waals surface area contributed by atoms with Gasteiger partial charge in [-0.3, -0.25) is 4.79 Å². The van der Waals surface area contributed by atoms with E-state index in [1.54, 1.807) is 11.3 Å². The van der Waals surface area contributed by atoms with Crippen molar-refractivity contribution in [1.82, 2.24) is 9.88 Å².